The predicted octanol–water partition coefficient (Wildman–Crippen LogP) is 2.29. The molecule has 14 heavy (non-hydrogen) atoms. The summed E-state index contributed by atoms with van der Waals surface area (Å²) in [5.74, 6) is 0. The number of hydrogen-bond donors (Lipinski definition) is 1. The highest BCUT2D eigenvalue weighted by atomic mass is 16.3. The van der Waals surface area contributed by atoms with Gasteiger partial charge in [0.2, 0.25) is 0 Å². The molecule has 1 aromatic heterocycles. The molecule has 2 nitrogen and oxygen atoms in total. The van der Waals surface area contributed by atoms with Gasteiger partial charge in [0, 0.05) is 11.1 Å². The maximum absolute atomic E-state index is 9.17. The first kappa shape index (κ1) is 9.16. The van der Waals surface area contributed by atoms with Crippen LogP contribution in [0.15, 0.2) is 30.3 Å². The van der Waals surface area contributed by atoms with Crippen molar-refractivity contribution in [3.05, 3.63) is 41.6 Å². The number of para-hydroxylation sites is 1. The van der Waals surface area contributed by atoms with Crippen molar-refractivity contribution < 1.29 is 5.11 Å². The Balaban J connectivity index is 2.69. The number of nitrogens with zero attached hydrogens (tertiary/aromatic N) is 1. The molecule has 1 heterocycles. The van der Waals surface area contributed by atoms with E-state index in [0.717, 1.165) is 28.6 Å². The van der Waals surface area contributed by atoms with E-state index in [9.17, 15) is 0 Å². The highest BCUT2D eigenvalue weighted by Gasteiger charge is 2.03. The molecule has 0 spiro atoms. The molecule has 0 saturated heterocycles. The third kappa shape index (κ3) is 1.49. The van der Waals surface area contributed by atoms with E-state index in [2.05, 4.69) is 11.9 Å². The van der Waals surface area contributed by atoms with E-state index in [1.807, 2.05) is 30.3 Å². The molecule has 2 aromatic rings. The van der Waals surface area contributed by atoms with Crippen molar-refractivity contribution >= 4 is 10.9 Å². The number of hydrogen-bond acceptors (Lipinski definition) is 2. The van der Waals surface area contributed by atoms with Gasteiger partial charge in [-0.3, -0.25) is 4.98 Å². The van der Waals surface area contributed by atoms with Gasteiger partial charge >= 0.3 is 0 Å². The Bertz CT molecular complexity index is 409. The minimum absolute atomic E-state index is 0.0704. The molecule has 0 fully saturated rings. The summed E-state index contributed by atoms with van der Waals surface area (Å²) in [5.41, 5.74) is 2.93. The van der Waals surface area contributed by atoms with Gasteiger partial charge < -0.3 is 5.11 Å². The Labute approximate surface area is 83.2 Å². The van der Waals surface area contributed by atoms with Crippen molar-refractivity contribution in [1.82, 2.24) is 4.98 Å². The second-order valence-electron chi connectivity index (χ2n) is 3.30. The Morgan fingerprint density at radius 1 is 1.29 bits per heavy atom. The van der Waals surface area contributed by atoms with Crippen LogP contribution in [0.3, 0.4) is 0 Å². The second-order valence-corrected chi connectivity index (χ2v) is 3.30. The fraction of sp³-hybridized carbons (Fsp3) is 0.250. The number of aliphatic hydroxyl groups excluding tert-OH is 1. The molecule has 2 heteroatoms. The number of pyridine rings is 1. The lowest BCUT2D eigenvalue weighted by Gasteiger charge is -2.06. The number of benzene rings is 1. The van der Waals surface area contributed by atoms with E-state index < -0.39 is 0 Å². The smallest absolute Gasteiger partial charge is 0.0705 e. The van der Waals surface area contributed by atoms with Crippen LogP contribution in [0.5, 0.6) is 0 Å². The van der Waals surface area contributed by atoms with Gasteiger partial charge in [0.15, 0.2) is 0 Å². The van der Waals surface area contributed by atoms with Gasteiger partial charge in [0.1, 0.15) is 0 Å². The Morgan fingerprint density at radius 3 is 2.79 bits per heavy atom. The molecule has 0 aliphatic heterocycles. The summed E-state index contributed by atoms with van der Waals surface area (Å²) in [4.78, 5) is 4.50. The maximum Gasteiger partial charge on any atom is 0.0705 e. The lowest BCUT2D eigenvalue weighted by Crippen LogP contribution is -1.96. The molecule has 0 amide bonds. The first-order valence-electron chi connectivity index (χ1n) is 4.83. The normalized spacial score (nSPS) is 10.7. The Hall–Kier alpha value is -1.41. The first-order valence-corrected chi connectivity index (χ1v) is 4.83. The van der Waals surface area contributed by atoms with Crippen molar-refractivity contribution in [3.8, 4) is 0 Å². The molecular formula is C12H13NO. The standard InChI is InChI=1S/C12H13NO/c1-2-11-10(8-14)7-9-5-3-4-6-12(9)13-11/h3-7,14H,2,8H2,1H3. The lowest BCUT2D eigenvalue weighted by atomic mass is 10.1. The summed E-state index contributed by atoms with van der Waals surface area (Å²) in [6.45, 7) is 2.12. The third-order valence-corrected chi connectivity index (χ3v) is 2.40. The van der Waals surface area contributed by atoms with Crippen LogP contribution in [-0.4, -0.2) is 10.1 Å². The van der Waals surface area contributed by atoms with Crippen LogP contribution in [0.1, 0.15) is 18.2 Å². The van der Waals surface area contributed by atoms with Gasteiger partial charge in [-0.25, -0.2) is 0 Å². The summed E-state index contributed by atoms with van der Waals surface area (Å²) in [6, 6.07) is 9.99. The quantitative estimate of drug-likeness (QED) is 0.782. The van der Waals surface area contributed by atoms with Crippen LogP contribution < -0.4 is 0 Å². The van der Waals surface area contributed by atoms with Crippen LogP contribution in [0.2, 0.25) is 0 Å². The van der Waals surface area contributed by atoms with Crippen LogP contribution in [0.4, 0.5) is 0 Å². The fourth-order valence-electron chi connectivity index (χ4n) is 1.64. The average molecular weight is 187 g/mol. The average Bonchev–Trinajstić information content (AvgIpc) is 2.27. The minimum atomic E-state index is 0.0704. The van der Waals surface area contributed by atoms with Crippen molar-refractivity contribution in [2.75, 3.05) is 0 Å². The van der Waals surface area contributed by atoms with Gasteiger partial charge in [0.05, 0.1) is 12.1 Å². The zero-order valence-electron chi connectivity index (χ0n) is 8.20. The first-order chi connectivity index (χ1) is 6.85. The van der Waals surface area contributed by atoms with E-state index in [-0.39, 0.29) is 6.61 Å². The topological polar surface area (TPSA) is 33.1 Å². The molecule has 1 N–H and O–H groups in total. The van der Waals surface area contributed by atoms with Crippen molar-refractivity contribution in [1.29, 1.82) is 0 Å². The Morgan fingerprint density at radius 2 is 2.07 bits per heavy atom. The maximum atomic E-state index is 9.17. The van der Waals surface area contributed by atoms with Crippen LogP contribution in [-0.2, 0) is 13.0 Å². The SMILES string of the molecule is CCc1nc2ccccc2cc1CO. The Kier molecular flexibility index (Phi) is 2.46. The minimum Gasteiger partial charge on any atom is -0.392 e. The summed E-state index contributed by atoms with van der Waals surface area (Å²) < 4.78 is 0. The molecule has 0 unspecified atom stereocenters. The molecule has 1 aromatic carbocycles. The zero-order chi connectivity index (χ0) is 9.97. The summed E-state index contributed by atoms with van der Waals surface area (Å²) in [7, 11) is 0. The van der Waals surface area contributed by atoms with Crippen LogP contribution in [0.25, 0.3) is 10.9 Å². The number of aromatic nitrogens is 1. The summed E-state index contributed by atoms with van der Waals surface area (Å²) in [6.07, 6.45) is 0.862. The highest BCUT2D eigenvalue weighted by molar-refractivity contribution is 5.79. The number of aliphatic hydroxyl groups is 1. The number of aryl methyl sites for hydroxylation is 1. The third-order valence-electron chi connectivity index (χ3n) is 2.40. The highest BCUT2D eigenvalue weighted by Crippen LogP contribution is 2.16. The van der Waals surface area contributed by atoms with Crippen LogP contribution in [0, 0.1) is 0 Å². The van der Waals surface area contributed by atoms with E-state index in [1.165, 1.54) is 0 Å². The monoisotopic (exact) mass is 187 g/mol. The van der Waals surface area contributed by atoms with Crippen molar-refractivity contribution in [3.63, 3.8) is 0 Å². The van der Waals surface area contributed by atoms with Gasteiger partial charge in [-0.1, -0.05) is 25.1 Å². The van der Waals surface area contributed by atoms with E-state index in [1.54, 1.807) is 0 Å². The van der Waals surface area contributed by atoms with Gasteiger partial charge in [0.25, 0.3) is 0 Å². The largest absolute Gasteiger partial charge is 0.392 e. The number of rotatable bonds is 2. The predicted molar refractivity (Wildman–Crippen MR) is 57.0 cm³/mol. The fourth-order valence-corrected chi connectivity index (χ4v) is 1.64. The zero-order valence-corrected chi connectivity index (χ0v) is 8.20. The lowest BCUT2D eigenvalue weighted by molar-refractivity contribution is 0.280. The van der Waals surface area contributed by atoms with Gasteiger partial charge in [-0.2, -0.15) is 0 Å². The second kappa shape index (κ2) is 3.76. The van der Waals surface area contributed by atoms with Crippen LogP contribution >= 0.6 is 0 Å². The molecule has 72 valence electrons. The molecular weight excluding hydrogens is 174 g/mol. The van der Waals surface area contributed by atoms with Crippen molar-refractivity contribution in [2.24, 2.45) is 0 Å². The molecule has 0 radical (unpaired) electrons. The van der Waals surface area contributed by atoms with Gasteiger partial charge in [-0.15, -0.1) is 0 Å². The van der Waals surface area contributed by atoms with E-state index in [0.29, 0.717) is 0 Å². The summed E-state index contributed by atoms with van der Waals surface area (Å²) in [5, 5.41) is 10.3. The number of fused-ring (bicyclic) bond motifs is 1. The van der Waals surface area contributed by atoms with E-state index >= 15 is 0 Å². The van der Waals surface area contributed by atoms with Crippen molar-refractivity contribution in [2.45, 2.75) is 20.0 Å². The molecule has 0 atom stereocenters. The van der Waals surface area contributed by atoms with E-state index in [4.69, 9.17) is 5.11 Å². The van der Waals surface area contributed by atoms with Gasteiger partial charge in [-0.05, 0) is 24.1 Å². The summed E-state index contributed by atoms with van der Waals surface area (Å²) >= 11 is 0. The molecule has 0 bridgehead atoms. The molecule has 0 aliphatic carbocycles. The molecule has 2 rings (SSSR count). The molecule has 0 aliphatic rings. The molecule has 0 saturated carbocycles.